The molecule has 0 aliphatic carbocycles. The number of rotatable bonds is 3. The van der Waals surface area contributed by atoms with Gasteiger partial charge in [-0.1, -0.05) is 25.6 Å². The van der Waals surface area contributed by atoms with E-state index >= 15 is 0 Å². The summed E-state index contributed by atoms with van der Waals surface area (Å²) >= 11 is 1.69. The van der Waals surface area contributed by atoms with E-state index in [1.807, 2.05) is 18.2 Å². The molecule has 0 aromatic heterocycles. The first kappa shape index (κ1) is 16.1. The highest BCUT2D eigenvalue weighted by molar-refractivity contribution is 8.14. The van der Waals surface area contributed by atoms with Crippen LogP contribution in [0.15, 0.2) is 23.2 Å². The molecule has 0 radical (unpaired) electrons. The normalized spacial score (nSPS) is 26.8. The Morgan fingerprint density at radius 3 is 2.88 bits per heavy atom. The highest BCUT2D eigenvalue weighted by Gasteiger charge is 2.47. The highest BCUT2D eigenvalue weighted by atomic mass is 32.2. The Bertz CT molecular complexity index is 791. The molecule has 24 heavy (non-hydrogen) atoms. The first-order valence-corrected chi connectivity index (χ1v) is 10.8. The summed E-state index contributed by atoms with van der Waals surface area (Å²) in [6.07, 6.45) is 0. The van der Waals surface area contributed by atoms with Crippen molar-refractivity contribution in [1.29, 1.82) is 0 Å². The van der Waals surface area contributed by atoms with E-state index in [2.05, 4.69) is 18.7 Å². The van der Waals surface area contributed by atoms with Crippen molar-refractivity contribution < 1.29 is 17.9 Å². The van der Waals surface area contributed by atoms with E-state index in [1.165, 1.54) is 0 Å². The van der Waals surface area contributed by atoms with Crippen LogP contribution in [-0.4, -0.2) is 49.7 Å². The fourth-order valence-corrected chi connectivity index (χ4v) is 6.13. The summed E-state index contributed by atoms with van der Waals surface area (Å²) in [4.78, 5) is 6.80. The average molecular weight is 368 g/mol. The van der Waals surface area contributed by atoms with Crippen LogP contribution >= 0.6 is 11.8 Å². The van der Waals surface area contributed by atoms with E-state index in [-0.39, 0.29) is 30.4 Å². The Morgan fingerprint density at radius 2 is 2.08 bits per heavy atom. The summed E-state index contributed by atoms with van der Waals surface area (Å²) in [7, 11) is -3.03. The van der Waals surface area contributed by atoms with Crippen molar-refractivity contribution >= 4 is 32.5 Å². The molecule has 0 N–H and O–H groups in total. The van der Waals surface area contributed by atoms with Gasteiger partial charge in [0.25, 0.3) is 0 Å². The second-order valence-corrected chi connectivity index (χ2v) is 9.88. The SMILES string of the molecule is CC(C)CSC1=N[C@H]2CS(=O)(=O)C[C@H]2N1c1ccc2c(c1)OCO2. The maximum Gasteiger partial charge on any atom is 0.231 e. The van der Waals surface area contributed by atoms with Crippen LogP contribution in [0.5, 0.6) is 11.5 Å². The van der Waals surface area contributed by atoms with Crippen LogP contribution in [0.1, 0.15) is 13.8 Å². The van der Waals surface area contributed by atoms with Crippen molar-refractivity contribution in [3.05, 3.63) is 18.2 Å². The van der Waals surface area contributed by atoms with Gasteiger partial charge in [-0.05, 0) is 18.1 Å². The number of nitrogens with zero attached hydrogens (tertiary/aromatic N) is 2. The number of amidine groups is 1. The van der Waals surface area contributed by atoms with Gasteiger partial charge in [-0.25, -0.2) is 8.42 Å². The van der Waals surface area contributed by atoms with Crippen LogP contribution in [0.25, 0.3) is 0 Å². The third-order valence-corrected chi connectivity index (χ3v) is 7.38. The Labute approximate surface area is 146 Å². The number of benzene rings is 1. The smallest absolute Gasteiger partial charge is 0.231 e. The van der Waals surface area contributed by atoms with Crippen molar-refractivity contribution in [2.24, 2.45) is 10.9 Å². The fraction of sp³-hybridized carbons (Fsp3) is 0.562. The molecule has 8 heteroatoms. The minimum absolute atomic E-state index is 0.120. The monoisotopic (exact) mass is 368 g/mol. The molecule has 0 unspecified atom stereocenters. The molecule has 4 rings (SSSR count). The molecule has 0 spiro atoms. The number of thioether (sulfide) groups is 1. The Hall–Kier alpha value is -1.41. The molecular weight excluding hydrogens is 348 g/mol. The lowest BCUT2D eigenvalue weighted by atomic mass is 10.1. The molecule has 1 fully saturated rings. The third-order valence-electron chi connectivity index (χ3n) is 4.29. The Balaban J connectivity index is 1.68. The molecule has 0 amide bonds. The van der Waals surface area contributed by atoms with Crippen LogP contribution < -0.4 is 14.4 Å². The zero-order valence-electron chi connectivity index (χ0n) is 13.6. The lowest BCUT2D eigenvalue weighted by Crippen LogP contribution is -2.39. The lowest BCUT2D eigenvalue weighted by molar-refractivity contribution is 0.174. The minimum Gasteiger partial charge on any atom is -0.454 e. The Kier molecular flexibility index (Phi) is 3.91. The van der Waals surface area contributed by atoms with Gasteiger partial charge in [0.1, 0.15) is 0 Å². The number of hydrogen-bond donors (Lipinski definition) is 0. The second-order valence-electron chi connectivity index (χ2n) is 6.74. The van der Waals surface area contributed by atoms with E-state index in [9.17, 15) is 8.42 Å². The van der Waals surface area contributed by atoms with Crippen molar-refractivity contribution in [1.82, 2.24) is 0 Å². The summed E-state index contributed by atoms with van der Waals surface area (Å²) < 4.78 is 34.9. The van der Waals surface area contributed by atoms with Gasteiger partial charge in [0.05, 0.1) is 23.6 Å². The number of hydrogen-bond acceptors (Lipinski definition) is 7. The van der Waals surface area contributed by atoms with Crippen molar-refractivity contribution in [2.75, 3.05) is 29.0 Å². The van der Waals surface area contributed by atoms with Crippen LogP contribution in [0.3, 0.4) is 0 Å². The van der Waals surface area contributed by atoms with Crippen LogP contribution in [0.4, 0.5) is 5.69 Å². The molecule has 0 saturated carbocycles. The number of ether oxygens (including phenoxy) is 2. The second kappa shape index (κ2) is 5.84. The first-order valence-electron chi connectivity index (χ1n) is 8.03. The summed E-state index contributed by atoms with van der Waals surface area (Å²) in [5.41, 5.74) is 0.916. The molecule has 6 nitrogen and oxygen atoms in total. The van der Waals surface area contributed by atoms with Gasteiger partial charge in [0.15, 0.2) is 26.5 Å². The van der Waals surface area contributed by atoms with Gasteiger partial charge >= 0.3 is 0 Å². The van der Waals surface area contributed by atoms with Gasteiger partial charge in [-0.15, -0.1) is 0 Å². The van der Waals surface area contributed by atoms with E-state index < -0.39 is 9.84 Å². The zero-order chi connectivity index (χ0) is 16.9. The molecular formula is C16H20N2O4S2. The highest BCUT2D eigenvalue weighted by Crippen LogP contribution is 2.40. The number of anilines is 1. The predicted octanol–water partition coefficient (Wildman–Crippen LogP) is 2.15. The summed E-state index contributed by atoms with van der Waals surface area (Å²) in [5.74, 6) is 3.21. The fourth-order valence-electron chi connectivity index (χ4n) is 3.21. The van der Waals surface area contributed by atoms with Gasteiger partial charge in [0.2, 0.25) is 6.79 Å². The maximum atomic E-state index is 12.0. The third kappa shape index (κ3) is 2.86. The average Bonchev–Trinajstić information content (AvgIpc) is 3.15. The number of sulfone groups is 1. The quantitative estimate of drug-likeness (QED) is 0.814. The van der Waals surface area contributed by atoms with E-state index in [1.54, 1.807) is 11.8 Å². The van der Waals surface area contributed by atoms with Crippen molar-refractivity contribution in [3.63, 3.8) is 0 Å². The number of fused-ring (bicyclic) bond motifs is 2. The molecule has 130 valence electrons. The van der Waals surface area contributed by atoms with Gasteiger partial charge in [-0.3, -0.25) is 4.99 Å². The van der Waals surface area contributed by atoms with Crippen molar-refractivity contribution in [2.45, 2.75) is 25.9 Å². The predicted molar refractivity (Wildman–Crippen MR) is 96.0 cm³/mol. The summed E-state index contributed by atoms with van der Waals surface area (Å²) in [6.45, 7) is 4.56. The van der Waals surface area contributed by atoms with E-state index in [4.69, 9.17) is 14.5 Å². The summed E-state index contributed by atoms with van der Waals surface area (Å²) in [5, 5.41) is 0.910. The van der Waals surface area contributed by atoms with Gasteiger partial charge < -0.3 is 14.4 Å². The van der Waals surface area contributed by atoms with Gasteiger partial charge in [0, 0.05) is 17.5 Å². The molecule has 2 atom stereocenters. The topological polar surface area (TPSA) is 68.2 Å². The number of aliphatic imine (C=N–C) groups is 1. The summed E-state index contributed by atoms with van der Waals surface area (Å²) in [6, 6.07) is 5.45. The lowest BCUT2D eigenvalue weighted by Gasteiger charge is -2.26. The molecule has 3 aliphatic heterocycles. The first-order chi connectivity index (χ1) is 11.4. The minimum atomic E-state index is -3.03. The van der Waals surface area contributed by atoms with Crippen LogP contribution in [0, 0.1) is 5.92 Å². The molecule has 1 saturated heterocycles. The van der Waals surface area contributed by atoms with Gasteiger partial charge in [-0.2, -0.15) is 0 Å². The zero-order valence-corrected chi connectivity index (χ0v) is 15.3. The molecule has 3 aliphatic rings. The van der Waals surface area contributed by atoms with Crippen LogP contribution in [-0.2, 0) is 9.84 Å². The maximum absolute atomic E-state index is 12.0. The van der Waals surface area contributed by atoms with E-state index in [0.29, 0.717) is 11.7 Å². The largest absolute Gasteiger partial charge is 0.454 e. The standard InChI is InChI=1S/C16H20N2O4S2/c1-10(2)6-23-16-17-12-7-24(19,20)8-13(12)18(16)11-3-4-14-15(5-11)22-9-21-14/h3-5,10,12-13H,6-9H2,1-2H3/t12-,13+/m0/s1. The Morgan fingerprint density at radius 1 is 1.29 bits per heavy atom. The molecule has 1 aromatic rings. The molecule has 0 bridgehead atoms. The molecule has 1 aromatic carbocycles. The van der Waals surface area contributed by atoms with Crippen molar-refractivity contribution in [3.8, 4) is 11.5 Å². The van der Waals surface area contributed by atoms with E-state index in [0.717, 1.165) is 22.4 Å². The van der Waals surface area contributed by atoms with Crippen LogP contribution in [0.2, 0.25) is 0 Å². The molecule has 3 heterocycles.